The van der Waals surface area contributed by atoms with Crippen LogP contribution in [0.2, 0.25) is 10.0 Å². The summed E-state index contributed by atoms with van der Waals surface area (Å²) in [5.41, 5.74) is 0.521. The number of hydrogen-bond acceptors (Lipinski definition) is 3. The Morgan fingerprint density at radius 1 is 0.815 bits per heavy atom. The molecule has 0 saturated heterocycles. The maximum Gasteiger partial charge on any atom is 0.182 e. The normalized spacial score (nSPS) is 16.5. The predicted molar refractivity (Wildman–Crippen MR) is 110 cm³/mol. The van der Waals surface area contributed by atoms with Gasteiger partial charge in [-0.25, -0.2) is 0 Å². The lowest BCUT2D eigenvalue weighted by Gasteiger charge is -2.32. The first-order valence-corrected chi connectivity index (χ1v) is 10.9. The summed E-state index contributed by atoms with van der Waals surface area (Å²) in [5, 5.41) is 2.28. The zero-order valence-electron chi connectivity index (χ0n) is 14.1. The third kappa shape index (κ3) is 3.32. The second-order valence-corrected chi connectivity index (χ2v) is 10.1. The summed E-state index contributed by atoms with van der Waals surface area (Å²) in [7, 11) is -3.29. The molecule has 136 valence electrons. The number of Topliss-reactive ketones (excluding diaryl/α,β-unsaturated/α-hetero) is 1. The van der Waals surface area contributed by atoms with E-state index in [9.17, 15) is 9.36 Å². The molecule has 3 aromatic carbocycles. The van der Waals surface area contributed by atoms with E-state index in [-0.39, 0.29) is 12.2 Å². The molecule has 0 bridgehead atoms. The van der Waals surface area contributed by atoms with Gasteiger partial charge in [0.1, 0.15) is 5.75 Å². The van der Waals surface area contributed by atoms with E-state index in [1.807, 2.05) is 0 Å². The zero-order valence-corrected chi connectivity index (χ0v) is 16.5. The van der Waals surface area contributed by atoms with E-state index in [4.69, 9.17) is 27.9 Å². The fourth-order valence-corrected chi connectivity index (χ4v) is 6.35. The van der Waals surface area contributed by atoms with Crippen molar-refractivity contribution in [2.24, 2.45) is 0 Å². The highest BCUT2D eigenvalue weighted by Crippen LogP contribution is 2.52. The van der Waals surface area contributed by atoms with E-state index >= 15 is 0 Å². The molecule has 0 aliphatic carbocycles. The fraction of sp³-hybridized carbons (Fsp3) is 0.0952. The molecule has 0 amide bonds. The lowest BCUT2D eigenvalue weighted by Crippen LogP contribution is -2.34. The molecular weight excluding hydrogens is 402 g/mol. The molecule has 27 heavy (non-hydrogen) atoms. The van der Waals surface area contributed by atoms with Crippen LogP contribution in [0.15, 0.2) is 72.8 Å². The molecule has 0 N–H and O–H groups in total. The van der Waals surface area contributed by atoms with Crippen LogP contribution < -0.4 is 15.3 Å². The van der Waals surface area contributed by atoms with Gasteiger partial charge in [0.25, 0.3) is 0 Å². The summed E-state index contributed by atoms with van der Waals surface area (Å²) in [6.45, 7) is 0. The largest absolute Gasteiger partial charge is 0.481 e. The predicted octanol–water partition coefficient (Wildman–Crippen LogP) is 5.30. The van der Waals surface area contributed by atoms with Gasteiger partial charge in [0, 0.05) is 20.7 Å². The average Bonchev–Trinajstić information content (AvgIpc) is 2.68. The van der Waals surface area contributed by atoms with E-state index in [0.29, 0.717) is 32.0 Å². The Labute approximate surface area is 167 Å². The molecular formula is C21H15Cl2O3P. The maximum atomic E-state index is 14.4. The summed E-state index contributed by atoms with van der Waals surface area (Å²) >= 11 is 12.0. The summed E-state index contributed by atoms with van der Waals surface area (Å²) in [5.74, 6) is -0.408. The lowest BCUT2D eigenvalue weighted by atomic mass is 10.1. The van der Waals surface area contributed by atoms with Gasteiger partial charge in [-0.3, -0.25) is 4.79 Å². The van der Waals surface area contributed by atoms with Crippen molar-refractivity contribution < 1.29 is 14.1 Å². The summed E-state index contributed by atoms with van der Waals surface area (Å²) in [6.07, 6.45) is 0.0412. The van der Waals surface area contributed by atoms with Crippen LogP contribution in [0, 0.1) is 0 Å². The minimum Gasteiger partial charge on any atom is -0.481 e. The number of carbonyl (C=O) groups excluding carboxylic acids is 1. The minimum atomic E-state index is -3.29. The van der Waals surface area contributed by atoms with Crippen LogP contribution in [-0.4, -0.2) is 11.6 Å². The van der Waals surface area contributed by atoms with E-state index in [1.54, 1.807) is 72.8 Å². The second kappa shape index (κ2) is 7.16. The first kappa shape index (κ1) is 18.3. The van der Waals surface area contributed by atoms with Crippen LogP contribution in [-0.2, 0) is 4.57 Å². The van der Waals surface area contributed by atoms with Crippen molar-refractivity contribution in [3.8, 4) is 5.75 Å². The van der Waals surface area contributed by atoms with Crippen molar-refractivity contribution in [1.29, 1.82) is 0 Å². The highest BCUT2D eigenvalue weighted by atomic mass is 35.5. The number of fused-ring (bicyclic) bond motifs is 1. The molecule has 3 aromatic rings. The van der Waals surface area contributed by atoms with E-state index in [0.717, 1.165) is 0 Å². The Kier molecular flexibility index (Phi) is 4.86. The van der Waals surface area contributed by atoms with Crippen molar-refractivity contribution in [1.82, 2.24) is 0 Å². The number of hydrogen-bond donors (Lipinski definition) is 0. The number of halogens is 2. The summed E-state index contributed by atoms with van der Waals surface area (Å²) < 4.78 is 20.5. The van der Waals surface area contributed by atoms with Crippen molar-refractivity contribution in [2.75, 3.05) is 0 Å². The molecule has 0 aromatic heterocycles. The van der Waals surface area contributed by atoms with E-state index in [2.05, 4.69) is 0 Å². The molecule has 1 aliphatic heterocycles. The van der Waals surface area contributed by atoms with Gasteiger partial charge < -0.3 is 9.30 Å². The third-order valence-electron chi connectivity index (χ3n) is 4.64. The Morgan fingerprint density at radius 2 is 1.33 bits per heavy atom. The van der Waals surface area contributed by atoms with E-state index < -0.39 is 13.0 Å². The van der Waals surface area contributed by atoms with Crippen LogP contribution in [0.3, 0.4) is 0 Å². The van der Waals surface area contributed by atoms with Crippen LogP contribution in [0.25, 0.3) is 0 Å². The molecule has 1 heterocycles. The Hall–Kier alpha value is -2.06. The Bertz CT molecular complexity index is 996. The number of ether oxygens (including phenoxy) is 1. The Balaban J connectivity index is 1.86. The highest BCUT2D eigenvalue weighted by Gasteiger charge is 2.42. The molecule has 1 atom stereocenters. The average molecular weight is 417 g/mol. The monoisotopic (exact) mass is 416 g/mol. The van der Waals surface area contributed by atoms with Gasteiger partial charge in [-0.05, 0) is 60.7 Å². The van der Waals surface area contributed by atoms with Crippen molar-refractivity contribution in [3.05, 3.63) is 88.4 Å². The number of carbonyl (C=O) groups is 1. The third-order valence-corrected chi connectivity index (χ3v) is 8.37. The number of benzene rings is 3. The smallest absolute Gasteiger partial charge is 0.182 e. The first-order chi connectivity index (χ1) is 13.0. The highest BCUT2D eigenvalue weighted by molar-refractivity contribution is 7.79. The molecule has 0 radical (unpaired) electrons. The van der Waals surface area contributed by atoms with Gasteiger partial charge in [0.2, 0.25) is 0 Å². The summed E-state index contributed by atoms with van der Waals surface area (Å²) in [6, 6.07) is 20.7. The second-order valence-electron chi connectivity index (χ2n) is 6.31. The van der Waals surface area contributed by atoms with Crippen LogP contribution >= 0.6 is 30.3 Å². The van der Waals surface area contributed by atoms with Gasteiger partial charge in [-0.1, -0.05) is 35.3 Å². The van der Waals surface area contributed by atoms with Crippen LogP contribution in [0.5, 0.6) is 5.75 Å². The number of para-hydroxylation sites is 1. The van der Waals surface area contributed by atoms with Gasteiger partial charge in [-0.2, -0.15) is 0 Å². The SMILES string of the molecule is O=C1CC(P(=O)(c2ccc(Cl)cc2)c2ccc(Cl)cc2)Oc2ccccc21. The van der Waals surface area contributed by atoms with Gasteiger partial charge in [0.15, 0.2) is 18.8 Å². The minimum absolute atomic E-state index is 0.0412. The molecule has 1 unspecified atom stereocenters. The van der Waals surface area contributed by atoms with Gasteiger partial charge in [0.05, 0.1) is 12.0 Å². The van der Waals surface area contributed by atoms with Crippen LogP contribution in [0.1, 0.15) is 16.8 Å². The van der Waals surface area contributed by atoms with Crippen molar-refractivity contribution in [3.63, 3.8) is 0 Å². The molecule has 6 heteroatoms. The first-order valence-electron chi connectivity index (χ1n) is 8.39. The van der Waals surface area contributed by atoms with Crippen molar-refractivity contribution >= 4 is 46.7 Å². The maximum absolute atomic E-state index is 14.4. The molecule has 3 nitrogen and oxygen atoms in total. The van der Waals surface area contributed by atoms with Crippen molar-refractivity contribution in [2.45, 2.75) is 12.3 Å². The molecule has 0 fully saturated rings. The van der Waals surface area contributed by atoms with E-state index in [1.165, 1.54) is 0 Å². The molecule has 0 saturated carbocycles. The fourth-order valence-electron chi connectivity index (χ4n) is 3.27. The standard InChI is InChI=1S/C21H15Cl2O3P/c22-14-5-9-16(10-6-14)27(25,17-11-7-15(23)8-12-17)21-13-19(24)18-3-1-2-4-20(18)26-21/h1-12,21H,13H2. The lowest BCUT2D eigenvalue weighted by molar-refractivity contribution is 0.0912. The Morgan fingerprint density at radius 3 is 1.89 bits per heavy atom. The number of ketones is 1. The van der Waals surface area contributed by atoms with Gasteiger partial charge in [-0.15, -0.1) is 0 Å². The number of rotatable bonds is 3. The molecule has 1 aliphatic rings. The zero-order chi connectivity index (χ0) is 19.0. The molecule has 4 rings (SSSR count). The molecule has 0 spiro atoms. The summed E-state index contributed by atoms with van der Waals surface area (Å²) in [4.78, 5) is 12.7. The quantitative estimate of drug-likeness (QED) is 0.544. The van der Waals surface area contributed by atoms with Crippen LogP contribution in [0.4, 0.5) is 0 Å². The van der Waals surface area contributed by atoms with Gasteiger partial charge >= 0.3 is 0 Å². The topological polar surface area (TPSA) is 43.4 Å².